The Morgan fingerprint density at radius 2 is 1.79 bits per heavy atom. The Bertz CT molecular complexity index is 547. The molecule has 1 saturated heterocycles. The molecule has 0 aliphatic carbocycles. The van der Waals surface area contributed by atoms with Crippen molar-refractivity contribution in [3.05, 3.63) is 0 Å². The van der Waals surface area contributed by atoms with Gasteiger partial charge in [0.1, 0.15) is 5.54 Å². The van der Waals surface area contributed by atoms with Crippen LogP contribution in [-0.2, 0) is 4.79 Å². The smallest absolute Gasteiger partial charge is 0.325 e. The molecule has 0 saturated carbocycles. The van der Waals surface area contributed by atoms with E-state index in [0.717, 1.165) is 25.6 Å². The lowest BCUT2D eigenvalue weighted by Gasteiger charge is -2.30. The number of guanidine groups is 1. The Labute approximate surface area is 193 Å². The number of urea groups is 1. The molecule has 1 atom stereocenters. The maximum atomic E-state index is 12.4. The molecule has 0 aromatic rings. The average Bonchev–Trinajstić information content (AvgIpc) is 2.84. The molecule has 8 nitrogen and oxygen atoms in total. The van der Waals surface area contributed by atoms with Gasteiger partial charge in [0.05, 0.1) is 0 Å². The number of rotatable bonds is 11. The first-order chi connectivity index (χ1) is 13.2. The number of hydrogen-bond acceptors (Lipinski definition) is 4. The highest BCUT2D eigenvalue weighted by Crippen LogP contribution is 2.20. The Kier molecular flexibility index (Phi) is 12.7. The summed E-state index contributed by atoms with van der Waals surface area (Å²) in [4.78, 5) is 32.7. The van der Waals surface area contributed by atoms with E-state index in [4.69, 9.17) is 0 Å². The highest BCUT2D eigenvalue weighted by molar-refractivity contribution is 14.0. The number of amides is 3. The number of carbonyl (C=O) groups excluding carboxylic acids is 2. The monoisotopic (exact) mass is 524 g/mol. The molecule has 29 heavy (non-hydrogen) atoms. The first kappa shape index (κ1) is 27.9. The molecule has 0 bridgehead atoms. The van der Waals surface area contributed by atoms with Crippen molar-refractivity contribution in [2.24, 2.45) is 4.99 Å². The predicted octanol–water partition coefficient (Wildman–Crippen LogP) is 2.39. The summed E-state index contributed by atoms with van der Waals surface area (Å²) in [6.45, 7) is 18.0. The first-order valence-corrected chi connectivity index (χ1v) is 10.6. The van der Waals surface area contributed by atoms with Gasteiger partial charge in [0.2, 0.25) is 0 Å². The van der Waals surface area contributed by atoms with Crippen molar-refractivity contribution in [3.8, 4) is 0 Å². The van der Waals surface area contributed by atoms with Crippen molar-refractivity contribution in [2.45, 2.75) is 78.9 Å². The quantitative estimate of drug-likeness (QED) is 0.127. The molecule has 0 aromatic heterocycles. The van der Waals surface area contributed by atoms with Gasteiger partial charge in [-0.2, -0.15) is 0 Å². The van der Waals surface area contributed by atoms with Crippen LogP contribution in [0.1, 0.15) is 61.3 Å². The number of nitrogens with one attached hydrogen (secondary N) is 3. The zero-order chi connectivity index (χ0) is 21.3. The van der Waals surface area contributed by atoms with E-state index in [2.05, 4.69) is 53.5 Å². The van der Waals surface area contributed by atoms with Gasteiger partial charge < -0.3 is 16.0 Å². The zero-order valence-corrected chi connectivity index (χ0v) is 21.5. The van der Waals surface area contributed by atoms with Crippen molar-refractivity contribution in [1.29, 1.82) is 0 Å². The number of carbonyl (C=O) groups is 2. The molecule has 1 unspecified atom stereocenters. The Morgan fingerprint density at radius 1 is 1.17 bits per heavy atom. The molecular weight excluding hydrogens is 483 g/mol. The summed E-state index contributed by atoms with van der Waals surface area (Å²) in [5.41, 5.74) is -0.768. The highest BCUT2D eigenvalue weighted by Gasteiger charge is 2.45. The molecule has 0 aromatic carbocycles. The summed E-state index contributed by atoms with van der Waals surface area (Å²) < 4.78 is 0. The van der Waals surface area contributed by atoms with E-state index >= 15 is 0 Å². The van der Waals surface area contributed by atoms with Gasteiger partial charge in [-0.3, -0.25) is 19.6 Å². The van der Waals surface area contributed by atoms with Crippen molar-refractivity contribution in [2.75, 3.05) is 32.7 Å². The number of aliphatic imine (C=N–C) groups is 1. The summed E-state index contributed by atoms with van der Waals surface area (Å²) in [6.07, 6.45) is 1.23. The number of nitrogens with zero attached hydrogens (tertiary/aromatic N) is 3. The van der Waals surface area contributed by atoms with Crippen LogP contribution in [0.5, 0.6) is 0 Å². The van der Waals surface area contributed by atoms with Crippen LogP contribution < -0.4 is 16.0 Å². The van der Waals surface area contributed by atoms with Crippen LogP contribution in [0, 0.1) is 0 Å². The first-order valence-electron chi connectivity index (χ1n) is 10.6. The second-order valence-electron chi connectivity index (χ2n) is 8.04. The maximum Gasteiger partial charge on any atom is 0.325 e. The fourth-order valence-corrected chi connectivity index (χ4v) is 3.37. The van der Waals surface area contributed by atoms with E-state index in [1.165, 1.54) is 4.90 Å². The summed E-state index contributed by atoms with van der Waals surface area (Å²) in [5.74, 6) is 0.627. The van der Waals surface area contributed by atoms with Crippen LogP contribution in [-0.4, -0.2) is 78.0 Å². The minimum Gasteiger partial charge on any atom is -0.357 e. The van der Waals surface area contributed by atoms with Crippen molar-refractivity contribution in [3.63, 3.8) is 0 Å². The largest absolute Gasteiger partial charge is 0.357 e. The van der Waals surface area contributed by atoms with Crippen molar-refractivity contribution >= 4 is 41.9 Å². The van der Waals surface area contributed by atoms with E-state index in [1.807, 2.05) is 13.8 Å². The number of imide groups is 1. The lowest BCUT2D eigenvalue weighted by molar-refractivity contribution is -0.130. The SMILES string of the molecule is CCNC(=NCCCN1C(=O)NC(C)(CC)C1=O)NCCN(C(C)C)C(C)C.I. The standard InChI is InChI=1S/C20H40N6O2.HI/c1-8-20(7)17(27)26(19(28)24-20)13-10-11-22-18(21-9-2)23-12-14-25(15(3)4)16(5)6;/h15-16H,8-14H2,1-7H3,(H,24,28)(H2,21,22,23);1H. The molecule has 0 spiro atoms. The van der Waals surface area contributed by atoms with Crippen LogP contribution >= 0.6 is 24.0 Å². The molecule has 1 fully saturated rings. The molecular formula is C20H41IN6O2. The van der Waals surface area contributed by atoms with E-state index in [-0.39, 0.29) is 35.9 Å². The Hall–Kier alpha value is -1.10. The van der Waals surface area contributed by atoms with Gasteiger partial charge in [-0.05, 0) is 54.4 Å². The molecule has 1 rings (SSSR count). The Morgan fingerprint density at radius 3 is 2.28 bits per heavy atom. The summed E-state index contributed by atoms with van der Waals surface area (Å²) in [6, 6.07) is 0.698. The van der Waals surface area contributed by atoms with E-state index in [0.29, 0.717) is 38.0 Å². The number of hydrogen-bond donors (Lipinski definition) is 3. The van der Waals surface area contributed by atoms with Crippen LogP contribution in [0.3, 0.4) is 0 Å². The average molecular weight is 524 g/mol. The molecule has 1 heterocycles. The molecule has 1 aliphatic heterocycles. The third kappa shape index (κ3) is 8.27. The van der Waals surface area contributed by atoms with Crippen molar-refractivity contribution < 1.29 is 9.59 Å². The molecule has 170 valence electrons. The lowest BCUT2D eigenvalue weighted by atomic mass is 9.99. The van der Waals surface area contributed by atoms with E-state index in [1.54, 1.807) is 6.92 Å². The maximum absolute atomic E-state index is 12.4. The fraction of sp³-hybridized carbons (Fsp3) is 0.850. The predicted molar refractivity (Wildman–Crippen MR) is 130 cm³/mol. The zero-order valence-electron chi connectivity index (χ0n) is 19.2. The van der Waals surface area contributed by atoms with Gasteiger partial charge in [0, 0.05) is 44.8 Å². The van der Waals surface area contributed by atoms with Gasteiger partial charge in [-0.25, -0.2) is 4.79 Å². The minimum atomic E-state index is -0.768. The minimum absolute atomic E-state index is 0. The molecule has 3 amide bonds. The topological polar surface area (TPSA) is 89.1 Å². The summed E-state index contributed by atoms with van der Waals surface area (Å²) in [7, 11) is 0. The lowest BCUT2D eigenvalue weighted by Crippen LogP contribution is -2.45. The van der Waals surface area contributed by atoms with Crippen LogP contribution in [0.15, 0.2) is 4.99 Å². The molecule has 1 aliphatic rings. The molecule has 9 heteroatoms. The third-order valence-electron chi connectivity index (χ3n) is 5.20. The van der Waals surface area contributed by atoms with Gasteiger partial charge in [-0.1, -0.05) is 6.92 Å². The van der Waals surface area contributed by atoms with Gasteiger partial charge in [-0.15, -0.1) is 24.0 Å². The normalized spacial score (nSPS) is 19.8. The van der Waals surface area contributed by atoms with Gasteiger partial charge in [0.15, 0.2) is 5.96 Å². The highest BCUT2D eigenvalue weighted by atomic mass is 127. The van der Waals surface area contributed by atoms with E-state index in [9.17, 15) is 9.59 Å². The fourth-order valence-electron chi connectivity index (χ4n) is 3.37. The van der Waals surface area contributed by atoms with Crippen LogP contribution in [0.4, 0.5) is 4.79 Å². The van der Waals surface area contributed by atoms with Gasteiger partial charge >= 0.3 is 6.03 Å². The molecule has 3 N–H and O–H groups in total. The summed E-state index contributed by atoms with van der Waals surface area (Å²) in [5, 5.41) is 9.39. The van der Waals surface area contributed by atoms with Crippen LogP contribution in [0.2, 0.25) is 0 Å². The summed E-state index contributed by atoms with van der Waals surface area (Å²) >= 11 is 0. The second kappa shape index (κ2) is 13.3. The number of halogens is 1. The van der Waals surface area contributed by atoms with Crippen molar-refractivity contribution in [1.82, 2.24) is 25.8 Å². The Balaban J connectivity index is 0.00000784. The van der Waals surface area contributed by atoms with Crippen LogP contribution in [0.25, 0.3) is 0 Å². The van der Waals surface area contributed by atoms with E-state index < -0.39 is 5.54 Å². The van der Waals surface area contributed by atoms with Gasteiger partial charge in [0.25, 0.3) is 5.91 Å². The second-order valence-corrected chi connectivity index (χ2v) is 8.04. The molecule has 0 radical (unpaired) electrons. The third-order valence-corrected chi connectivity index (χ3v) is 5.20.